The smallest absolute Gasteiger partial charge is 0.290 e. The van der Waals surface area contributed by atoms with Crippen LogP contribution in [0.25, 0.3) is 5.69 Å². The van der Waals surface area contributed by atoms with Gasteiger partial charge in [-0.05, 0) is 18.7 Å². The first-order chi connectivity index (χ1) is 9.11. The van der Waals surface area contributed by atoms with Gasteiger partial charge < -0.3 is 5.32 Å². The fourth-order valence-corrected chi connectivity index (χ4v) is 1.73. The molecule has 0 spiro atoms. The normalized spacial score (nSPS) is 10.6. The standard InChI is InChI=1S/C11H12ClN5O2/c1-2-13-6-8-7-16(15-14-8)9-3-4-10(12)11(5-9)17(18)19/h3-5,7,13H,2,6H2,1H3. The maximum Gasteiger partial charge on any atom is 0.290 e. The van der Waals surface area contributed by atoms with E-state index < -0.39 is 4.92 Å². The van der Waals surface area contributed by atoms with Gasteiger partial charge >= 0.3 is 0 Å². The van der Waals surface area contributed by atoms with E-state index in [1.54, 1.807) is 12.3 Å². The summed E-state index contributed by atoms with van der Waals surface area (Å²) in [5.41, 5.74) is 1.16. The number of nitrogens with one attached hydrogen (secondary N) is 1. The lowest BCUT2D eigenvalue weighted by Gasteiger charge is -2.01. The van der Waals surface area contributed by atoms with Crippen molar-refractivity contribution in [3.63, 3.8) is 0 Å². The average Bonchev–Trinajstić information content (AvgIpc) is 2.85. The Morgan fingerprint density at radius 2 is 2.32 bits per heavy atom. The van der Waals surface area contributed by atoms with E-state index in [0.717, 1.165) is 12.2 Å². The van der Waals surface area contributed by atoms with Crippen LogP contribution >= 0.6 is 11.6 Å². The van der Waals surface area contributed by atoms with Crippen molar-refractivity contribution in [3.05, 3.63) is 45.2 Å². The zero-order valence-electron chi connectivity index (χ0n) is 10.2. The molecule has 0 fully saturated rings. The minimum Gasteiger partial charge on any atom is -0.311 e. The van der Waals surface area contributed by atoms with Crippen molar-refractivity contribution in [2.75, 3.05) is 6.54 Å². The van der Waals surface area contributed by atoms with Gasteiger partial charge in [-0.1, -0.05) is 23.7 Å². The van der Waals surface area contributed by atoms with Crippen LogP contribution in [0.15, 0.2) is 24.4 Å². The van der Waals surface area contributed by atoms with E-state index in [0.29, 0.717) is 12.2 Å². The largest absolute Gasteiger partial charge is 0.311 e. The Labute approximate surface area is 114 Å². The summed E-state index contributed by atoms with van der Waals surface area (Å²) in [6.07, 6.45) is 1.72. The highest BCUT2D eigenvalue weighted by Gasteiger charge is 2.14. The van der Waals surface area contributed by atoms with Crippen molar-refractivity contribution < 1.29 is 4.92 Å². The van der Waals surface area contributed by atoms with Crippen LogP contribution in [0, 0.1) is 10.1 Å². The van der Waals surface area contributed by atoms with Gasteiger partial charge in [0.2, 0.25) is 0 Å². The van der Waals surface area contributed by atoms with Crippen LogP contribution in [0.4, 0.5) is 5.69 Å². The van der Waals surface area contributed by atoms with Gasteiger partial charge in [-0.3, -0.25) is 10.1 Å². The topological polar surface area (TPSA) is 85.9 Å². The molecule has 0 atom stereocenters. The Kier molecular flexibility index (Phi) is 4.08. The Hall–Kier alpha value is -1.99. The fourth-order valence-electron chi connectivity index (χ4n) is 1.54. The molecule has 0 radical (unpaired) electrons. The number of hydrogen-bond donors (Lipinski definition) is 1. The SMILES string of the molecule is CCNCc1cn(-c2ccc(Cl)c([N+](=O)[O-])c2)nn1. The Bertz CT molecular complexity index is 599. The van der Waals surface area contributed by atoms with Gasteiger partial charge in [-0.25, -0.2) is 4.68 Å². The maximum atomic E-state index is 10.8. The monoisotopic (exact) mass is 281 g/mol. The Morgan fingerprint density at radius 3 is 3.00 bits per heavy atom. The summed E-state index contributed by atoms with van der Waals surface area (Å²) >= 11 is 5.76. The molecule has 2 aromatic rings. The third-order valence-electron chi connectivity index (χ3n) is 2.49. The van der Waals surface area contributed by atoms with E-state index in [-0.39, 0.29) is 10.7 Å². The van der Waals surface area contributed by atoms with Crippen LogP contribution in [0.3, 0.4) is 0 Å². The number of halogens is 1. The Balaban J connectivity index is 2.29. The quantitative estimate of drug-likeness (QED) is 0.668. The molecule has 100 valence electrons. The summed E-state index contributed by atoms with van der Waals surface area (Å²) in [5.74, 6) is 0. The van der Waals surface area contributed by atoms with Gasteiger partial charge in [0.15, 0.2) is 0 Å². The highest BCUT2D eigenvalue weighted by molar-refractivity contribution is 6.32. The maximum absolute atomic E-state index is 10.8. The molecule has 1 heterocycles. The first-order valence-corrected chi connectivity index (χ1v) is 6.06. The number of hydrogen-bond acceptors (Lipinski definition) is 5. The van der Waals surface area contributed by atoms with E-state index in [1.165, 1.54) is 16.8 Å². The van der Waals surface area contributed by atoms with Crippen LogP contribution in [-0.2, 0) is 6.54 Å². The Morgan fingerprint density at radius 1 is 1.53 bits per heavy atom. The zero-order valence-corrected chi connectivity index (χ0v) is 11.0. The van der Waals surface area contributed by atoms with Crippen LogP contribution in [0.1, 0.15) is 12.6 Å². The number of aromatic nitrogens is 3. The number of benzene rings is 1. The van der Waals surface area contributed by atoms with Crippen LogP contribution < -0.4 is 5.32 Å². The van der Waals surface area contributed by atoms with Gasteiger partial charge in [-0.2, -0.15) is 0 Å². The van der Waals surface area contributed by atoms with Gasteiger partial charge in [0.05, 0.1) is 22.5 Å². The summed E-state index contributed by atoms with van der Waals surface area (Å²) in [6, 6.07) is 4.50. The molecule has 0 saturated carbocycles. The van der Waals surface area contributed by atoms with Gasteiger partial charge in [-0.15, -0.1) is 5.10 Å². The zero-order chi connectivity index (χ0) is 13.8. The average molecular weight is 282 g/mol. The van der Waals surface area contributed by atoms with E-state index in [9.17, 15) is 10.1 Å². The van der Waals surface area contributed by atoms with Crippen molar-refractivity contribution >= 4 is 17.3 Å². The molecule has 2 rings (SSSR count). The molecule has 0 amide bonds. The van der Waals surface area contributed by atoms with Crippen LogP contribution in [0.2, 0.25) is 5.02 Å². The van der Waals surface area contributed by atoms with E-state index in [1.807, 2.05) is 6.92 Å². The molecule has 0 aliphatic heterocycles. The highest BCUT2D eigenvalue weighted by Crippen LogP contribution is 2.26. The van der Waals surface area contributed by atoms with E-state index >= 15 is 0 Å². The summed E-state index contributed by atoms with van der Waals surface area (Å²) in [6.45, 7) is 3.43. The van der Waals surface area contributed by atoms with Gasteiger partial charge in [0, 0.05) is 12.6 Å². The number of nitrogens with zero attached hydrogens (tertiary/aromatic N) is 4. The van der Waals surface area contributed by atoms with Crippen molar-refractivity contribution in [1.82, 2.24) is 20.3 Å². The molecule has 1 N–H and O–H groups in total. The fraction of sp³-hybridized carbons (Fsp3) is 0.273. The molecule has 0 bridgehead atoms. The van der Waals surface area contributed by atoms with Crippen molar-refractivity contribution in [2.24, 2.45) is 0 Å². The molecule has 19 heavy (non-hydrogen) atoms. The highest BCUT2D eigenvalue weighted by atomic mass is 35.5. The third kappa shape index (κ3) is 3.07. The molecular weight excluding hydrogens is 270 g/mol. The van der Waals surface area contributed by atoms with Gasteiger partial charge in [0.1, 0.15) is 5.02 Å². The first-order valence-electron chi connectivity index (χ1n) is 5.68. The van der Waals surface area contributed by atoms with Crippen LogP contribution in [0.5, 0.6) is 0 Å². The number of rotatable bonds is 5. The molecular formula is C11H12ClN5O2. The lowest BCUT2D eigenvalue weighted by Crippen LogP contribution is -2.11. The molecule has 7 nitrogen and oxygen atoms in total. The second-order valence-corrected chi connectivity index (χ2v) is 4.23. The third-order valence-corrected chi connectivity index (χ3v) is 2.81. The summed E-state index contributed by atoms with van der Waals surface area (Å²) in [7, 11) is 0. The van der Waals surface area contributed by atoms with Crippen molar-refractivity contribution in [3.8, 4) is 5.69 Å². The summed E-state index contributed by atoms with van der Waals surface area (Å²) in [4.78, 5) is 10.3. The first kappa shape index (κ1) is 13.4. The summed E-state index contributed by atoms with van der Waals surface area (Å²) in [5, 5.41) is 21.9. The predicted octanol–water partition coefficient (Wildman–Crippen LogP) is 1.94. The molecule has 0 saturated heterocycles. The lowest BCUT2D eigenvalue weighted by molar-refractivity contribution is -0.384. The number of nitro benzene ring substituents is 1. The summed E-state index contributed by atoms with van der Waals surface area (Å²) < 4.78 is 1.48. The van der Waals surface area contributed by atoms with E-state index in [4.69, 9.17) is 11.6 Å². The van der Waals surface area contributed by atoms with Crippen molar-refractivity contribution in [2.45, 2.75) is 13.5 Å². The second kappa shape index (κ2) is 5.77. The minimum absolute atomic E-state index is 0.0988. The molecule has 8 heteroatoms. The lowest BCUT2D eigenvalue weighted by atomic mass is 10.3. The van der Waals surface area contributed by atoms with Crippen molar-refractivity contribution in [1.29, 1.82) is 0 Å². The second-order valence-electron chi connectivity index (χ2n) is 3.83. The molecule has 0 unspecified atom stereocenters. The number of nitro groups is 1. The molecule has 1 aromatic heterocycles. The molecule has 1 aromatic carbocycles. The van der Waals surface area contributed by atoms with Crippen LogP contribution in [-0.4, -0.2) is 26.5 Å². The molecule has 0 aliphatic carbocycles. The molecule has 0 aliphatic rings. The van der Waals surface area contributed by atoms with E-state index in [2.05, 4.69) is 15.6 Å². The van der Waals surface area contributed by atoms with Gasteiger partial charge in [0.25, 0.3) is 5.69 Å². The minimum atomic E-state index is -0.525. The predicted molar refractivity (Wildman–Crippen MR) is 70.4 cm³/mol.